The van der Waals surface area contributed by atoms with Crippen molar-refractivity contribution in [3.05, 3.63) is 24.3 Å². The molecule has 0 aliphatic carbocycles. The second kappa shape index (κ2) is 5.04. The highest BCUT2D eigenvalue weighted by Crippen LogP contribution is 2.33. The van der Waals surface area contributed by atoms with Gasteiger partial charge in [-0.25, -0.2) is 18.4 Å². The average molecular weight is 334 g/mol. The zero-order chi connectivity index (χ0) is 16.2. The summed E-state index contributed by atoms with van der Waals surface area (Å²) in [5.74, 6) is 0.825. The third-order valence-corrected chi connectivity index (χ3v) is 6.24. The van der Waals surface area contributed by atoms with Crippen LogP contribution >= 0.6 is 0 Å². The topological polar surface area (TPSA) is 101 Å². The van der Waals surface area contributed by atoms with Crippen molar-refractivity contribution in [2.45, 2.75) is 31.9 Å². The van der Waals surface area contributed by atoms with Crippen LogP contribution in [0.1, 0.15) is 37.7 Å². The molecule has 4 rings (SSSR count). The Balaban J connectivity index is 2.02. The molecule has 1 aliphatic rings. The highest BCUT2D eigenvalue weighted by atomic mass is 32.2. The molecule has 3 aromatic heterocycles. The molecule has 2 N–H and O–H groups in total. The van der Waals surface area contributed by atoms with E-state index in [2.05, 4.69) is 15.0 Å². The molecule has 1 fully saturated rings. The average Bonchev–Trinajstić information content (AvgIpc) is 3.09. The van der Waals surface area contributed by atoms with Gasteiger partial charge < -0.3 is 14.7 Å². The van der Waals surface area contributed by atoms with Crippen molar-refractivity contribution in [2.75, 3.05) is 11.5 Å². The third-order valence-electron chi connectivity index (χ3n) is 4.44. The highest BCUT2D eigenvalue weighted by Gasteiger charge is 2.30. The summed E-state index contributed by atoms with van der Waals surface area (Å²) in [6.07, 6.45) is 4.08. The smallest absolute Gasteiger partial charge is 0.152 e. The van der Waals surface area contributed by atoms with E-state index in [1.165, 1.54) is 0 Å². The van der Waals surface area contributed by atoms with Crippen LogP contribution in [0.2, 0.25) is 0 Å². The summed E-state index contributed by atoms with van der Waals surface area (Å²) in [6.45, 7) is 1.65. The van der Waals surface area contributed by atoms with Gasteiger partial charge in [0.2, 0.25) is 0 Å². The normalized spacial score (nSPS) is 22.6. The van der Waals surface area contributed by atoms with Crippen molar-refractivity contribution >= 4 is 31.9 Å². The zero-order valence-corrected chi connectivity index (χ0v) is 13.5. The van der Waals surface area contributed by atoms with E-state index < -0.39 is 15.9 Å². The van der Waals surface area contributed by atoms with E-state index in [0.29, 0.717) is 17.8 Å². The molecule has 0 radical (unpaired) electrons. The number of fused-ring (bicyclic) bond motifs is 3. The van der Waals surface area contributed by atoms with E-state index in [1.807, 2.05) is 10.6 Å². The number of sulfone groups is 1. The van der Waals surface area contributed by atoms with Crippen LogP contribution in [0.15, 0.2) is 18.5 Å². The number of nitrogens with zero attached hydrogens (tertiary/aromatic N) is 3. The van der Waals surface area contributed by atoms with Gasteiger partial charge in [0.15, 0.2) is 9.84 Å². The number of rotatable bonds is 2. The predicted molar refractivity (Wildman–Crippen MR) is 86.9 cm³/mol. The van der Waals surface area contributed by atoms with Gasteiger partial charge in [0.1, 0.15) is 23.1 Å². The Morgan fingerprint density at radius 2 is 2.30 bits per heavy atom. The molecule has 1 saturated heterocycles. The van der Waals surface area contributed by atoms with E-state index in [4.69, 9.17) is 0 Å². The largest absolute Gasteiger partial charge is 0.385 e. The molecule has 8 heteroatoms. The molecule has 2 atom stereocenters. The van der Waals surface area contributed by atoms with Crippen LogP contribution in [-0.4, -0.2) is 44.5 Å². The van der Waals surface area contributed by atoms with Crippen LogP contribution in [0.5, 0.6) is 0 Å². The lowest BCUT2D eigenvalue weighted by Crippen LogP contribution is -2.28. The number of aromatic amines is 1. The van der Waals surface area contributed by atoms with Gasteiger partial charge in [-0.3, -0.25) is 0 Å². The fraction of sp³-hybridized carbons (Fsp3) is 0.467. The molecule has 3 aromatic rings. The highest BCUT2D eigenvalue weighted by molar-refractivity contribution is 7.91. The van der Waals surface area contributed by atoms with Crippen molar-refractivity contribution < 1.29 is 13.5 Å². The molecule has 0 saturated carbocycles. The van der Waals surface area contributed by atoms with Gasteiger partial charge in [-0.05, 0) is 25.8 Å². The summed E-state index contributed by atoms with van der Waals surface area (Å²) >= 11 is 0. The van der Waals surface area contributed by atoms with E-state index in [1.54, 1.807) is 19.3 Å². The second-order valence-electron chi connectivity index (χ2n) is 6.16. The number of hydrogen-bond donors (Lipinski definition) is 2. The molecular weight excluding hydrogens is 316 g/mol. The van der Waals surface area contributed by atoms with Crippen LogP contribution in [-0.2, 0) is 9.84 Å². The van der Waals surface area contributed by atoms with Crippen LogP contribution < -0.4 is 0 Å². The molecule has 0 amide bonds. The third kappa shape index (κ3) is 2.33. The van der Waals surface area contributed by atoms with Gasteiger partial charge in [0.25, 0.3) is 0 Å². The molecule has 23 heavy (non-hydrogen) atoms. The van der Waals surface area contributed by atoms with Crippen molar-refractivity contribution in [1.29, 1.82) is 0 Å². The van der Waals surface area contributed by atoms with Crippen LogP contribution in [0, 0.1) is 0 Å². The van der Waals surface area contributed by atoms with E-state index >= 15 is 0 Å². The number of nitrogens with one attached hydrogen (secondary N) is 1. The minimum absolute atomic E-state index is 0.0897. The number of aromatic nitrogens is 4. The first kappa shape index (κ1) is 14.6. The number of hydrogen-bond acceptors (Lipinski definition) is 5. The number of pyridine rings is 1. The molecule has 0 bridgehead atoms. The Morgan fingerprint density at radius 1 is 1.48 bits per heavy atom. The Hall–Kier alpha value is -1.93. The summed E-state index contributed by atoms with van der Waals surface area (Å²) in [4.78, 5) is 11.9. The van der Waals surface area contributed by atoms with Crippen molar-refractivity contribution in [3.8, 4) is 0 Å². The van der Waals surface area contributed by atoms with Crippen LogP contribution in [0.3, 0.4) is 0 Å². The van der Waals surface area contributed by atoms with Gasteiger partial charge in [-0.15, -0.1) is 0 Å². The zero-order valence-electron chi connectivity index (χ0n) is 12.7. The molecule has 1 aliphatic heterocycles. The summed E-state index contributed by atoms with van der Waals surface area (Å²) < 4.78 is 26.1. The Kier molecular flexibility index (Phi) is 3.21. The monoisotopic (exact) mass is 334 g/mol. The minimum atomic E-state index is -3.06. The minimum Gasteiger partial charge on any atom is -0.385 e. The fourth-order valence-corrected chi connectivity index (χ4v) is 5.15. The molecule has 7 nitrogen and oxygen atoms in total. The summed E-state index contributed by atoms with van der Waals surface area (Å²) in [5.41, 5.74) is 2.25. The Labute approximate surface area is 133 Å². The molecule has 0 aromatic carbocycles. The number of imidazole rings is 1. The Morgan fingerprint density at radius 3 is 3.04 bits per heavy atom. The van der Waals surface area contributed by atoms with Gasteiger partial charge in [-0.1, -0.05) is 0 Å². The lowest BCUT2D eigenvalue weighted by Gasteiger charge is -2.26. The first-order chi connectivity index (χ1) is 11.0. The van der Waals surface area contributed by atoms with Gasteiger partial charge >= 0.3 is 0 Å². The summed E-state index contributed by atoms with van der Waals surface area (Å²) in [5, 5.41) is 11.0. The lowest BCUT2D eigenvalue weighted by molar-refractivity contribution is 0.181. The van der Waals surface area contributed by atoms with E-state index in [-0.39, 0.29) is 17.5 Å². The van der Waals surface area contributed by atoms with Gasteiger partial charge in [0.05, 0.1) is 23.2 Å². The van der Waals surface area contributed by atoms with Crippen LogP contribution in [0.4, 0.5) is 0 Å². The number of aliphatic hydroxyl groups is 1. The van der Waals surface area contributed by atoms with Crippen molar-refractivity contribution in [1.82, 2.24) is 19.5 Å². The first-order valence-corrected chi connectivity index (χ1v) is 9.51. The molecule has 0 spiro atoms. The van der Waals surface area contributed by atoms with Crippen molar-refractivity contribution in [3.63, 3.8) is 0 Å². The Bertz CT molecular complexity index is 987. The summed E-state index contributed by atoms with van der Waals surface area (Å²) in [6, 6.07) is 1.70. The lowest BCUT2D eigenvalue weighted by atomic mass is 10.1. The molecule has 2 unspecified atom stereocenters. The maximum atomic E-state index is 12.1. The maximum absolute atomic E-state index is 12.1. The van der Waals surface area contributed by atoms with Crippen molar-refractivity contribution in [2.24, 2.45) is 0 Å². The van der Waals surface area contributed by atoms with Gasteiger partial charge in [0, 0.05) is 17.6 Å². The predicted octanol–water partition coefficient (Wildman–Crippen LogP) is 1.72. The van der Waals surface area contributed by atoms with E-state index in [9.17, 15) is 13.5 Å². The first-order valence-electron chi connectivity index (χ1n) is 7.69. The molecule has 4 heterocycles. The molecular formula is C15H18N4O3S. The number of aliphatic hydroxyl groups excluding tert-OH is 1. The standard InChI is InChI=1S/C15H18N4O3S/c1-9(20)15-18-12-7-17-14-11(4-5-16-14)13(12)19(15)10-3-2-6-23(21,22)8-10/h4-5,7,9-10,20H,2-3,6,8H2,1H3,(H,16,17). The second-order valence-corrected chi connectivity index (χ2v) is 8.39. The van der Waals surface area contributed by atoms with Gasteiger partial charge in [-0.2, -0.15) is 0 Å². The molecule has 122 valence electrons. The quantitative estimate of drug-likeness (QED) is 0.743. The summed E-state index contributed by atoms with van der Waals surface area (Å²) in [7, 11) is -3.06. The number of H-pyrrole nitrogens is 1. The fourth-order valence-electron chi connectivity index (χ4n) is 3.48. The van der Waals surface area contributed by atoms with E-state index in [0.717, 1.165) is 23.0 Å². The SMILES string of the molecule is CC(O)c1nc2cnc3[nH]ccc3c2n1C1CCCS(=O)(=O)C1. The maximum Gasteiger partial charge on any atom is 0.152 e. The van der Waals surface area contributed by atoms with Crippen LogP contribution in [0.25, 0.3) is 22.1 Å².